The zero-order chi connectivity index (χ0) is 13.8. The Labute approximate surface area is 115 Å². The molecule has 0 aliphatic rings. The predicted molar refractivity (Wildman–Crippen MR) is 73.6 cm³/mol. The Morgan fingerprint density at radius 3 is 2.47 bits per heavy atom. The SMILES string of the molecule is COc1ccc(Oc2ccc(C#N)c(Cl)c2)c(N)c1. The number of hydrogen-bond donors (Lipinski definition) is 1. The van der Waals surface area contributed by atoms with Gasteiger partial charge in [-0.25, -0.2) is 0 Å². The van der Waals surface area contributed by atoms with Gasteiger partial charge in [0.1, 0.15) is 17.6 Å². The highest BCUT2D eigenvalue weighted by Crippen LogP contribution is 2.32. The van der Waals surface area contributed by atoms with E-state index < -0.39 is 0 Å². The average Bonchev–Trinajstić information content (AvgIpc) is 2.41. The normalized spacial score (nSPS) is 9.74. The van der Waals surface area contributed by atoms with Crippen molar-refractivity contribution in [1.82, 2.24) is 0 Å². The van der Waals surface area contributed by atoms with Crippen LogP contribution in [0.15, 0.2) is 36.4 Å². The van der Waals surface area contributed by atoms with E-state index in [2.05, 4.69) is 0 Å². The maximum Gasteiger partial charge on any atom is 0.150 e. The minimum atomic E-state index is 0.340. The Bertz CT molecular complexity index is 650. The molecule has 2 rings (SSSR count). The van der Waals surface area contributed by atoms with Crippen LogP contribution in [0.2, 0.25) is 5.02 Å². The molecule has 4 nitrogen and oxygen atoms in total. The molecule has 0 aliphatic heterocycles. The number of nitrogen functional groups attached to an aromatic ring is 1. The second kappa shape index (κ2) is 5.51. The highest BCUT2D eigenvalue weighted by molar-refractivity contribution is 6.31. The van der Waals surface area contributed by atoms with Gasteiger partial charge in [0.05, 0.1) is 23.4 Å². The highest BCUT2D eigenvalue weighted by Gasteiger charge is 2.06. The van der Waals surface area contributed by atoms with E-state index >= 15 is 0 Å². The Hall–Kier alpha value is -2.38. The molecule has 0 saturated heterocycles. The van der Waals surface area contributed by atoms with Crippen molar-refractivity contribution >= 4 is 17.3 Å². The molecule has 0 aromatic heterocycles. The number of hydrogen-bond acceptors (Lipinski definition) is 4. The van der Waals surface area contributed by atoms with Crippen LogP contribution < -0.4 is 15.2 Å². The van der Waals surface area contributed by atoms with Crippen molar-refractivity contribution in [3.05, 3.63) is 47.0 Å². The van der Waals surface area contributed by atoms with Gasteiger partial charge in [0.25, 0.3) is 0 Å². The topological polar surface area (TPSA) is 68.3 Å². The van der Waals surface area contributed by atoms with Gasteiger partial charge in [-0.3, -0.25) is 0 Å². The predicted octanol–water partition coefficient (Wildman–Crippen LogP) is 3.59. The van der Waals surface area contributed by atoms with Gasteiger partial charge in [0.15, 0.2) is 5.75 Å². The lowest BCUT2D eigenvalue weighted by atomic mass is 10.2. The van der Waals surface area contributed by atoms with Crippen molar-refractivity contribution < 1.29 is 9.47 Å². The number of halogens is 1. The first-order chi connectivity index (χ1) is 9.13. The first-order valence-corrected chi connectivity index (χ1v) is 5.83. The fraction of sp³-hybridized carbons (Fsp3) is 0.0714. The molecule has 96 valence electrons. The molecule has 0 saturated carbocycles. The van der Waals surface area contributed by atoms with Crippen LogP contribution in [0.1, 0.15) is 5.56 Å². The second-order valence-corrected chi connectivity index (χ2v) is 4.17. The summed E-state index contributed by atoms with van der Waals surface area (Å²) in [4.78, 5) is 0. The number of nitrogens with two attached hydrogens (primary N) is 1. The maximum atomic E-state index is 8.79. The molecular weight excluding hydrogens is 264 g/mol. The number of methoxy groups -OCH3 is 1. The summed E-state index contributed by atoms with van der Waals surface area (Å²) in [6, 6.07) is 11.9. The summed E-state index contributed by atoms with van der Waals surface area (Å²) in [5.74, 6) is 1.67. The van der Waals surface area contributed by atoms with Gasteiger partial charge in [-0.1, -0.05) is 11.6 Å². The van der Waals surface area contributed by atoms with Gasteiger partial charge < -0.3 is 15.2 Å². The van der Waals surface area contributed by atoms with Crippen molar-refractivity contribution in [2.24, 2.45) is 0 Å². The van der Waals surface area contributed by atoms with Crippen LogP contribution in [-0.4, -0.2) is 7.11 Å². The molecule has 0 aliphatic carbocycles. The van der Waals surface area contributed by atoms with Crippen molar-refractivity contribution in [1.29, 1.82) is 5.26 Å². The van der Waals surface area contributed by atoms with Crippen LogP contribution in [0, 0.1) is 11.3 Å². The molecule has 0 unspecified atom stereocenters. The molecule has 2 N–H and O–H groups in total. The number of anilines is 1. The molecule has 0 amide bonds. The van der Waals surface area contributed by atoms with E-state index in [-0.39, 0.29) is 0 Å². The zero-order valence-corrected chi connectivity index (χ0v) is 10.9. The van der Waals surface area contributed by atoms with Gasteiger partial charge in [-0.05, 0) is 24.3 Å². The summed E-state index contributed by atoms with van der Waals surface area (Å²) in [5.41, 5.74) is 6.71. The van der Waals surface area contributed by atoms with Gasteiger partial charge in [-0.2, -0.15) is 5.26 Å². The minimum Gasteiger partial charge on any atom is -0.497 e. The van der Waals surface area contributed by atoms with Crippen molar-refractivity contribution in [2.75, 3.05) is 12.8 Å². The monoisotopic (exact) mass is 274 g/mol. The van der Waals surface area contributed by atoms with Crippen LogP contribution in [0.5, 0.6) is 17.2 Å². The molecule has 0 radical (unpaired) electrons. The fourth-order valence-electron chi connectivity index (χ4n) is 1.52. The fourth-order valence-corrected chi connectivity index (χ4v) is 1.74. The van der Waals surface area contributed by atoms with Crippen LogP contribution in [0.25, 0.3) is 0 Å². The third kappa shape index (κ3) is 2.90. The lowest BCUT2D eigenvalue weighted by Crippen LogP contribution is -1.93. The van der Waals surface area contributed by atoms with Gasteiger partial charge in [0.2, 0.25) is 0 Å². The maximum absolute atomic E-state index is 8.79. The van der Waals surface area contributed by atoms with Gasteiger partial charge >= 0.3 is 0 Å². The lowest BCUT2D eigenvalue weighted by molar-refractivity contribution is 0.413. The number of benzene rings is 2. The molecule has 2 aromatic carbocycles. The molecular formula is C14H11ClN2O2. The number of ether oxygens (including phenoxy) is 2. The van der Waals surface area contributed by atoms with E-state index in [4.69, 9.17) is 32.1 Å². The van der Waals surface area contributed by atoms with E-state index in [1.807, 2.05) is 6.07 Å². The third-order valence-corrected chi connectivity index (χ3v) is 2.82. The van der Waals surface area contributed by atoms with Crippen LogP contribution in [0.3, 0.4) is 0 Å². The summed E-state index contributed by atoms with van der Waals surface area (Å²) < 4.78 is 10.7. The average molecular weight is 275 g/mol. The summed E-state index contributed by atoms with van der Waals surface area (Å²) in [6.07, 6.45) is 0. The number of nitrogens with zero attached hydrogens (tertiary/aromatic N) is 1. The lowest BCUT2D eigenvalue weighted by Gasteiger charge is -2.10. The third-order valence-electron chi connectivity index (χ3n) is 2.51. The van der Waals surface area contributed by atoms with Crippen LogP contribution in [-0.2, 0) is 0 Å². The summed E-state index contributed by atoms with van der Waals surface area (Å²) in [7, 11) is 1.57. The van der Waals surface area contributed by atoms with Gasteiger partial charge in [0, 0.05) is 12.1 Å². The smallest absolute Gasteiger partial charge is 0.150 e. The van der Waals surface area contributed by atoms with Crippen LogP contribution >= 0.6 is 11.6 Å². The van der Waals surface area contributed by atoms with Crippen molar-refractivity contribution in [3.8, 4) is 23.3 Å². The highest BCUT2D eigenvalue weighted by atomic mass is 35.5. The molecule has 2 aromatic rings. The Morgan fingerprint density at radius 2 is 1.89 bits per heavy atom. The Balaban J connectivity index is 2.26. The summed E-state index contributed by atoms with van der Waals surface area (Å²) in [5, 5.41) is 9.13. The van der Waals surface area contributed by atoms with Crippen molar-refractivity contribution in [3.63, 3.8) is 0 Å². The molecule has 0 spiro atoms. The molecule has 0 atom stereocenters. The molecule has 0 fully saturated rings. The second-order valence-electron chi connectivity index (χ2n) is 3.76. The van der Waals surface area contributed by atoms with E-state index in [0.717, 1.165) is 0 Å². The first-order valence-electron chi connectivity index (χ1n) is 5.45. The zero-order valence-electron chi connectivity index (χ0n) is 10.2. The van der Waals surface area contributed by atoms with Gasteiger partial charge in [-0.15, -0.1) is 0 Å². The largest absolute Gasteiger partial charge is 0.497 e. The standard InChI is InChI=1S/C14H11ClN2O2/c1-18-10-4-5-14(13(17)7-10)19-11-3-2-9(8-16)12(15)6-11/h2-7H,17H2,1H3. The molecule has 0 bridgehead atoms. The molecule has 0 heterocycles. The summed E-state index contributed by atoms with van der Waals surface area (Å²) in [6.45, 7) is 0. The quantitative estimate of drug-likeness (QED) is 0.869. The summed E-state index contributed by atoms with van der Waals surface area (Å²) >= 11 is 5.93. The Kier molecular flexibility index (Phi) is 3.79. The Morgan fingerprint density at radius 1 is 1.16 bits per heavy atom. The van der Waals surface area contributed by atoms with Crippen molar-refractivity contribution in [2.45, 2.75) is 0 Å². The van der Waals surface area contributed by atoms with Crippen LogP contribution in [0.4, 0.5) is 5.69 Å². The first kappa shape index (κ1) is 13.1. The van der Waals surface area contributed by atoms with E-state index in [0.29, 0.717) is 33.5 Å². The van der Waals surface area contributed by atoms with E-state index in [1.165, 1.54) is 0 Å². The van der Waals surface area contributed by atoms with E-state index in [1.54, 1.807) is 43.5 Å². The number of rotatable bonds is 3. The minimum absolute atomic E-state index is 0.340. The van der Waals surface area contributed by atoms with E-state index in [9.17, 15) is 0 Å². The molecule has 5 heteroatoms. The number of nitriles is 1. The molecule has 19 heavy (non-hydrogen) atoms.